The van der Waals surface area contributed by atoms with Crippen molar-refractivity contribution in [2.75, 3.05) is 0 Å². The van der Waals surface area contributed by atoms with E-state index in [1.54, 1.807) is 25.1 Å². The molecule has 9 heteroatoms. The van der Waals surface area contributed by atoms with Crippen LogP contribution in [0, 0.1) is 0 Å². The van der Waals surface area contributed by atoms with Crippen molar-refractivity contribution in [2.45, 2.75) is 17.9 Å². The van der Waals surface area contributed by atoms with Crippen LogP contribution in [0.15, 0.2) is 46.1 Å². The summed E-state index contributed by atoms with van der Waals surface area (Å²) in [5.41, 5.74) is 1.17. The molecule has 0 aliphatic carbocycles. The van der Waals surface area contributed by atoms with E-state index in [0.717, 1.165) is 0 Å². The van der Waals surface area contributed by atoms with E-state index in [1.807, 2.05) is 0 Å². The smallest absolute Gasteiger partial charge is 0.306 e. The number of rotatable bonds is 4. The highest BCUT2D eigenvalue weighted by molar-refractivity contribution is 7.89. The molecule has 0 amide bonds. The molecule has 0 radical (unpaired) electrons. The van der Waals surface area contributed by atoms with Crippen molar-refractivity contribution in [1.29, 1.82) is 0 Å². The number of nitrogens with one attached hydrogen (secondary N) is 3. The summed E-state index contributed by atoms with van der Waals surface area (Å²) in [5.74, 6) is 0. The maximum atomic E-state index is 12.6. The number of sulfonamides is 1. The standard InChI is InChI=1S/C15H13Cl2N3O3S/c1-8(11-4-2-9(16)6-12(11)17)20-24(22,23)10-3-5-13-14(7-10)19-15(21)18-13/h2-8,20H,1H3,(H2,18,19,21)/t8-/m0/s1. The predicted molar refractivity (Wildman–Crippen MR) is 94.1 cm³/mol. The van der Waals surface area contributed by atoms with Crippen LogP contribution in [0.25, 0.3) is 11.0 Å². The molecular formula is C15H13Cl2N3O3S. The van der Waals surface area contributed by atoms with Crippen molar-refractivity contribution >= 4 is 44.3 Å². The van der Waals surface area contributed by atoms with Crippen molar-refractivity contribution in [1.82, 2.24) is 14.7 Å². The summed E-state index contributed by atoms with van der Waals surface area (Å²) in [7, 11) is -3.79. The van der Waals surface area contributed by atoms with Crippen LogP contribution >= 0.6 is 23.2 Å². The fourth-order valence-corrected chi connectivity index (χ4v) is 4.22. The maximum absolute atomic E-state index is 12.6. The first kappa shape index (κ1) is 17.0. The molecule has 0 bridgehead atoms. The first-order valence-electron chi connectivity index (χ1n) is 6.95. The van der Waals surface area contributed by atoms with E-state index >= 15 is 0 Å². The zero-order valence-corrected chi connectivity index (χ0v) is 14.8. The van der Waals surface area contributed by atoms with E-state index in [-0.39, 0.29) is 4.90 Å². The molecule has 3 rings (SSSR count). The van der Waals surface area contributed by atoms with Crippen LogP contribution in [0.5, 0.6) is 0 Å². The minimum atomic E-state index is -3.79. The average Bonchev–Trinajstić information content (AvgIpc) is 2.85. The number of fused-ring (bicyclic) bond motifs is 1. The molecule has 1 heterocycles. The lowest BCUT2D eigenvalue weighted by atomic mass is 10.1. The molecule has 1 atom stereocenters. The molecular weight excluding hydrogens is 373 g/mol. The van der Waals surface area contributed by atoms with Crippen LogP contribution in [0.2, 0.25) is 10.0 Å². The van der Waals surface area contributed by atoms with Gasteiger partial charge in [0.05, 0.1) is 15.9 Å². The highest BCUT2D eigenvalue weighted by atomic mass is 35.5. The molecule has 0 saturated heterocycles. The van der Waals surface area contributed by atoms with E-state index in [9.17, 15) is 13.2 Å². The van der Waals surface area contributed by atoms with Gasteiger partial charge < -0.3 is 9.97 Å². The molecule has 6 nitrogen and oxygen atoms in total. The zero-order chi connectivity index (χ0) is 17.5. The second-order valence-corrected chi connectivity index (χ2v) is 7.85. The molecule has 0 saturated carbocycles. The van der Waals surface area contributed by atoms with Gasteiger partial charge in [-0.15, -0.1) is 0 Å². The summed E-state index contributed by atoms with van der Waals surface area (Å²) in [6, 6.07) is 8.66. The average molecular weight is 386 g/mol. The molecule has 24 heavy (non-hydrogen) atoms. The molecule has 0 unspecified atom stereocenters. The lowest BCUT2D eigenvalue weighted by Crippen LogP contribution is -2.27. The van der Waals surface area contributed by atoms with Crippen LogP contribution in [-0.2, 0) is 10.0 Å². The summed E-state index contributed by atoms with van der Waals surface area (Å²) in [6.45, 7) is 1.68. The Balaban J connectivity index is 1.92. The largest absolute Gasteiger partial charge is 0.323 e. The second kappa shape index (κ2) is 6.25. The van der Waals surface area contributed by atoms with Gasteiger partial charge in [0, 0.05) is 16.1 Å². The molecule has 3 aromatic rings. The zero-order valence-electron chi connectivity index (χ0n) is 12.4. The maximum Gasteiger partial charge on any atom is 0.323 e. The van der Waals surface area contributed by atoms with Crippen LogP contribution in [-0.4, -0.2) is 18.4 Å². The normalized spacial score (nSPS) is 13.3. The van der Waals surface area contributed by atoms with Gasteiger partial charge in [-0.3, -0.25) is 0 Å². The highest BCUT2D eigenvalue weighted by Crippen LogP contribution is 2.27. The summed E-state index contributed by atoms with van der Waals surface area (Å²) >= 11 is 12.0. The van der Waals surface area contributed by atoms with Gasteiger partial charge in [0.25, 0.3) is 0 Å². The van der Waals surface area contributed by atoms with E-state index < -0.39 is 21.8 Å². The van der Waals surface area contributed by atoms with E-state index in [2.05, 4.69) is 14.7 Å². The lowest BCUT2D eigenvalue weighted by Gasteiger charge is -2.16. The first-order valence-corrected chi connectivity index (χ1v) is 9.19. The van der Waals surface area contributed by atoms with Crippen LogP contribution < -0.4 is 10.4 Å². The third-order valence-electron chi connectivity index (χ3n) is 3.56. The number of benzene rings is 2. The first-order chi connectivity index (χ1) is 11.3. The monoisotopic (exact) mass is 385 g/mol. The van der Waals surface area contributed by atoms with Gasteiger partial charge in [0.1, 0.15) is 0 Å². The van der Waals surface area contributed by atoms with Crippen molar-refractivity contribution in [3.8, 4) is 0 Å². The number of imidazole rings is 1. The number of hydrogen-bond acceptors (Lipinski definition) is 3. The molecule has 126 valence electrons. The Bertz CT molecular complexity index is 1070. The van der Waals surface area contributed by atoms with Crippen molar-refractivity contribution in [3.05, 3.63) is 62.5 Å². The fourth-order valence-electron chi connectivity index (χ4n) is 2.40. The number of halogens is 2. The van der Waals surface area contributed by atoms with Gasteiger partial charge >= 0.3 is 5.69 Å². The minimum absolute atomic E-state index is 0.0437. The summed E-state index contributed by atoms with van der Waals surface area (Å²) in [6.07, 6.45) is 0. The summed E-state index contributed by atoms with van der Waals surface area (Å²) < 4.78 is 27.7. The van der Waals surface area contributed by atoms with E-state index in [0.29, 0.717) is 26.6 Å². The van der Waals surface area contributed by atoms with Crippen molar-refractivity contribution in [2.24, 2.45) is 0 Å². The van der Waals surface area contributed by atoms with Crippen LogP contribution in [0.4, 0.5) is 0 Å². The van der Waals surface area contributed by atoms with Crippen molar-refractivity contribution < 1.29 is 8.42 Å². The van der Waals surface area contributed by atoms with Gasteiger partial charge in [-0.2, -0.15) is 0 Å². The van der Waals surface area contributed by atoms with Crippen LogP contribution in [0.1, 0.15) is 18.5 Å². The Morgan fingerprint density at radius 2 is 1.75 bits per heavy atom. The highest BCUT2D eigenvalue weighted by Gasteiger charge is 2.20. The molecule has 3 N–H and O–H groups in total. The van der Waals surface area contributed by atoms with Gasteiger partial charge in [-0.1, -0.05) is 29.3 Å². The van der Waals surface area contributed by atoms with Gasteiger partial charge in [0.15, 0.2) is 0 Å². The van der Waals surface area contributed by atoms with Crippen molar-refractivity contribution in [3.63, 3.8) is 0 Å². The van der Waals surface area contributed by atoms with Crippen LogP contribution in [0.3, 0.4) is 0 Å². The summed E-state index contributed by atoms with van der Waals surface area (Å²) in [4.78, 5) is 16.4. The van der Waals surface area contributed by atoms with E-state index in [4.69, 9.17) is 23.2 Å². The predicted octanol–water partition coefficient (Wildman–Crippen LogP) is 3.20. The van der Waals surface area contributed by atoms with Gasteiger partial charge in [0.2, 0.25) is 10.0 Å². The topological polar surface area (TPSA) is 94.8 Å². The second-order valence-electron chi connectivity index (χ2n) is 5.30. The molecule has 0 fully saturated rings. The molecule has 1 aromatic heterocycles. The number of hydrogen-bond donors (Lipinski definition) is 3. The Morgan fingerprint density at radius 1 is 1.04 bits per heavy atom. The third kappa shape index (κ3) is 3.34. The minimum Gasteiger partial charge on any atom is -0.306 e. The number of aromatic nitrogens is 2. The van der Waals surface area contributed by atoms with Gasteiger partial charge in [-0.25, -0.2) is 17.9 Å². The summed E-state index contributed by atoms with van der Waals surface area (Å²) in [5, 5.41) is 0.851. The van der Waals surface area contributed by atoms with E-state index in [1.165, 1.54) is 18.2 Å². The number of H-pyrrole nitrogens is 2. The Morgan fingerprint density at radius 3 is 2.46 bits per heavy atom. The quantitative estimate of drug-likeness (QED) is 0.643. The molecule has 2 aromatic carbocycles. The molecule has 0 aliphatic heterocycles. The Kier molecular flexibility index (Phi) is 4.44. The SMILES string of the molecule is C[C@H](NS(=O)(=O)c1ccc2[nH]c(=O)[nH]c2c1)c1ccc(Cl)cc1Cl. The number of aromatic amines is 2. The van der Waals surface area contributed by atoms with Gasteiger partial charge in [-0.05, 0) is 42.8 Å². The third-order valence-corrected chi connectivity index (χ3v) is 5.66. The fraction of sp³-hybridized carbons (Fsp3) is 0.133. The molecule has 0 spiro atoms. The Hall–Kier alpha value is -1.80. The molecule has 0 aliphatic rings. The Labute approximate surface area is 147 Å². The lowest BCUT2D eigenvalue weighted by molar-refractivity contribution is 0.567.